The summed E-state index contributed by atoms with van der Waals surface area (Å²) in [5, 5.41) is 2.75. The summed E-state index contributed by atoms with van der Waals surface area (Å²) in [5.41, 5.74) is 6.28. The third-order valence-corrected chi connectivity index (χ3v) is 2.99. The molecule has 0 saturated carbocycles. The molecule has 0 aliphatic carbocycles. The average Bonchev–Trinajstić information content (AvgIpc) is 2.33. The Morgan fingerprint density at radius 3 is 2.76 bits per heavy atom. The van der Waals surface area contributed by atoms with E-state index in [0.29, 0.717) is 31.9 Å². The van der Waals surface area contributed by atoms with E-state index in [1.807, 2.05) is 13.0 Å². The molecule has 0 radical (unpaired) electrons. The van der Waals surface area contributed by atoms with Crippen LogP contribution in [0, 0.1) is 6.92 Å². The number of nitrogens with one attached hydrogen (secondary N) is 1. The maximum absolute atomic E-state index is 12.0. The van der Waals surface area contributed by atoms with Crippen LogP contribution in [0.25, 0.3) is 0 Å². The molecule has 0 spiro atoms. The lowest BCUT2D eigenvalue weighted by atomic mass is 9.90. The molecule has 1 aliphatic heterocycles. The van der Waals surface area contributed by atoms with Crippen molar-refractivity contribution in [2.75, 3.05) is 18.5 Å². The Labute approximate surface area is 100 Å². The molecule has 1 saturated heterocycles. The monoisotopic (exact) mass is 235 g/mol. The number of amides is 1. The fourth-order valence-electron chi connectivity index (χ4n) is 1.75. The fraction of sp³-hybridized carbons (Fsp3) is 0.500. The van der Waals surface area contributed by atoms with Crippen LogP contribution in [0.3, 0.4) is 0 Å². The molecule has 0 aromatic carbocycles. The lowest BCUT2D eigenvalue weighted by molar-refractivity contribution is -0.124. The summed E-state index contributed by atoms with van der Waals surface area (Å²) in [5.74, 6) is 0.356. The van der Waals surface area contributed by atoms with Crippen molar-refractivity contribution in [2.45, 2.75) is 25.3 Å². The van der Waals surface area contributed by atoms with Gasteiger partial charge in [-0.15, -0.1) is 0 Å². The number of nitrogens with two attached hydrogens (primary N) is 1. The number of ether oxygens (including phenoxy) is 1. The Morgan fingerprint density at radius 2 is 2.18 bits per heavy atom. The molecule has 1 aliphatic rings. The third-order valence-electron chi connectivity index (χ3n) is 2.99. The highest BCUT2D eigenvalue weighted by molar-refractivity contribution is 5.97. The quantitative estimate of drug-likeness (QED) is 0.796. The van der Waals surface area contributed by atoms with Gasteiger partial charge < -0.3 is 15.8 Å². The molecule has 5 nitrogen and oxygen atoms in total. The topological polar surface area (TPSA) is 77.2 Å². The van der Waals surface area contributed by atoms with Crippen LogP contribution in [-0.2, 0) is 9.53 Å². The van der Waals surface area contributed by atoms with Crippen molar-refractivity contribution < 1.29 is 9.53 Å². The van der Waals surface area contributed by atoms with E-state index in [0.717, 1.165) is 5.56 Å². The number of nitrogens with zero attached hydrogens (tertiary/aromatic N) is 1. The SMILES string of the molecule is Cc1ccc(NC(=O)C2(N)CCOCC2)nc1. The van der Waals surface area contributed by atoms with Crippen molar-refractivity contribution in [1.29, 1.82) is 0 Å². The number of carbonyl (C=O) groups excluding carboxylic acids is 1. The van der Waals surface area contributed by atoms with Gasteiger partial charge in [-0.2, -0.15) is 0 Å². The zero-order valence-electron chi connectivity index (χ0n) is 9.90. The van der Waals surface area contributed by atoms with Gasteiger partial charge in [-0.25, -0.2) is 4.98 Å². The second-order valence-corrected chi connectivity index (χ2v) is 4.44. The van der Waals surface area contributed by atoms with Crippen molar-refractivity contribution in [3.8, 4) is 0 Å². The highest BCUT2D eigenvalue weighted by Gasteiger charge is 2.36. The van der Waals surface area contributed by atoms with Crippen LogP contribution in [0.1, 0.15) is 18.4 Å². The van der Waals surface area contributed by atoms with Crippen LogP contribution < -0.4 is 11.1 Å². The van der Waals surface area contributed by atoms with Gasteiger partial charge in [-0.3, -0.25) is 4.79 Å². The zero-order chi connectivity index (χ0) is 12.3. The first-order valence-corrected chi connectivity index (χ1v) is 5.71. The maximum atomic E-state index is 12.0. The van der Waals surface area contributed by atoms with Crippen molar-refractivity contribution in [1.82, 2.24) is 4.98 Å². The average molecular weight is 235 g/mol. The van der Waals surface area contributed by atoms with E-state index in [1.54, 1.807) is 12.3 Å². The predicted octanol–water partition coefficient (Wildman–Crippen LogP) is 0.836. The summed E-state index contributed by atoms with van der Waals surface area (Å²) >= 11 is 0. The summed E-state index contributed by atoms with van der Waals surface area (Å²) in [6, 6.07) is 3.67. The number of pyridine rings is 1. The number of aryl methyl sites for hydroxylation is 1. The first-order chi connectivity index (χ1) is 8.10. The zero-order valence-corrected chi connectivity index (χ0v) is 9.90. The molecule has 1 aromatic heterocycles. The van der Waals surface area contributed by atoms with E-state index in [9.17, 15) is 4.79 Å². The lowest BCUT2D eigenvalue weighted by Crippen LogP contribution is -2.54. The van der Waals surface area contributed by atoms with Crippen molar-refractivity contribution in [3.63, 3.8) is 0 Å². The van der Waals surface area contributed by atoms with Crippen LogP contribution in [-0.4, -0.2) is 29.6 Å². The minimum Gasteiger partial charge on any atom is -0.381 e. The number of hydrogen-bond donors (Lipinski definition) is 2. The van der Waals surface area contributed by atoms with E-state index >= 15 is 0 Å². The molecule has 2 rings (SSSR count). The Bertz CT molecular complexity index is 397. The first-order valence-electron chi connectivity index (χ1n) is 5.71. The minimum atomic E-state index is -0.829. The number of carbonyl (C=O) groups is 1. The summed E-state index contributed by atoms with van der Waals surface area (Å²) in [6.45, 7) is 3.01. The van der Waals surface area contributed by atoms with E-state index in [4.69, 9.17) is 10.5 Å². The molecule has 1 fully saturated rings. The Hall–Kier alpha value is -1.46. The summed E-state index contributed by atoms with van der Waals surface area (Å²) in [6.07, 6.45) is 2.80. The first kappa shape index (κ1) is 12.0. The maximum Gasteiger partial charge on any atom is 0.245 e. The molecule has 0 atom stereocenters. The predicted molar refractivity (Wildman–Crippen MR) is 64.6 cm³/mol. The Balaban J connectivity index is 2.03. The van der Waals surface area contributed by atoms with E-state index in [1.165, 1.54) is 0 Å². The molecule has 1 amide bonds. The third kappa shape index (κ3) is 2.81. The van der Waals surface area contributed by atoms with Crippen molar-refractivity contribution in [2.24, 2.45) is 5.73 Å². The van der Waals surface area contributed by atoms with Gasteiger partial charge in [0, 0.05) is 19.4 Å². The van der Waals surface area contributed by atoms with Gasteiger partial charge in [-0.05, 0) is 31.4 Å². The van der Waals surface area contributed by atoms with E-state index in [2.05, 4.69) is 10.3 Å². The minimum absolute atomic E-state index is 0.183. The second kappa shape index (κ2) is 4.81. The van der Waals surface area contributed by atoms with Crippen molar-refractivity contribution >= 4 is 11.7 Å². The van der Waals surface area contributed by atoms with Gasteiger partial charge in [0.15, 0.2) is 0 Å². The number of hydrogen-bond acceptors (Lipinski definition) is 4. The van der Waals surface area contributed by atoms with Gasteiger partial charge in [0.1, 0.15) is 11.4 Å². The summed E-state index contributed by atoms with van der Waals surface area (Å²) in [4.78, 5) is 16.2. The molecule has 0 bridgehead atoms. The van der Waals surface area contributed by atoms with E-state index in [-0.39, 0.29) is 5.91 Å². The van der Waals surface area contributed by atoms with Crippen LogP contribution in [0.2, 0.25) is 0 Å². The van der Waals surface area contributed by atoms with Crippen LogP contribution >= 0.6 is 0 Å². The molecule has 5 heteroatoms. The molecule has 92 valence electrons. The van der Waals surface area contributed by atoms with Crippen LogP contribution in [0.15, 0.2) is 18.3 Å². The standard InChI is InChI=1S/C12H17N3O2/c1-9-2-3-10(14-8-9)15-11(16)12(13)4-6-17-7-5-12/h2-3,8H,4-7,13H2,1H3,(H,14,15,16). The Morgan fingerprint density at radius 1 is 1.47 bits per heavy atom. The highest BCUT2D eigenvalue weighted by Crippen LogP contribution is 2.19. The van der Waals surface area contributed by atoms with Crippen molar-refractivity contribution in [3.05, 3.63) is 23.9 Å². The van der Waals surface area contributed by atoms with Gasteiger partial charge in [0.2, 0.25) is 5.91 Å². The number of aromatic nitrogens is 1. The van der Waals surface area contributed by atoms with Gasteiger partial charge in [0.05, 0.1) is 0 Å². The largest absolute Gasteiger partial charge is 0.381 e. The highest BCUT2D eigenvalue weighted by atomic mass is 16.5. The summed E-state index contributed by atoms with van der Waals surface area (Å²) in [7, 11) is 0. The van der Waals surface area contributed by atoms with Gasteiger partial charge in [-0.1, -0.05) is 6.07 Å². The van der Waals surface area contributed by atoms with Crippen LogP contribution in [0.5, 0.6) is 0 Å². The Kier molecular flexibility index (Phi) is 3.40. The molecular formula is C12H17N3O2. The van der Waals surface area contributed by atoms with Crippen LogP contribution in [0.4, 0.5) is 5.82 Å². The molecule has 17 heavy (non-hydrogen) atoms. The van der Waals surface area contributed by atoms with E-state index < -0.39 is 5.54 Å². The fourth-order valence-corrected chi connectivity index (χ4v) is 1.75. The molecule has 3 N–H and O–H groups in total. The summed E-state index contributed by atoms with van der Waals surface area (Å²) < 4.78 is 5.21. The van der Waals surface area contributed by atoms with Gasteiger partial charge >= 0.3 is 0 Å². The molecule has 1 aromatic rings. The molecule has 2 heterocycles. The normalized spacial score (nSPS) is 18.7. The molecule has 0 unspecified atom stereocenters. The number of anilines is 1. The number of rotatable bonds is 2. The molecular weight excluding hydrogens is 218 g/mol. The second-order valence-electron chi connectivity index (χ2n) is 4.44. The lowest BCUT2D eigenvalue weighted by Gasteiger charge is -2.31. The van der Waals surface area contributed by atoms with Gasteiger partial charge in [0.25, 0.3) is 0 Å². The smallest absolute Gasteiger partial charge is 0.245 e.